The second-order valence-corrected chi connectivity index (χ2v) is 6.73. The molecule has 0 saturated carbocycles. The molecule has 1 atom stereocenters. The van der Waals surface area contributed by atoms with Gasteiger partial charge in [0.15, 0.2) is 0 Å². The Hall–Kier alpha value is -1.46. The summed E-state index contributed by atoms with van der Waals surface area (Å²) in [5.41, 5.74) is 0.441. The quantitative estimate of drug-likeness (QED) is 0.888. The minimum atomic E-state index is -0.708. The van der Waals surface area contributed by atoms with E-state index in [0.717, 1.165) is 23.4 Å². The number of nitrogens with one attached hydrogen (secondary N) is 1. The van der Waals surface area contributed by atoms with Crippen molar-refractivity contribution < 1.29 is 9.90 Å². The molecule has 21 heavy (non-hydrogen) atoms. The number of para-hydroxylation sites is 1. The van der Waals surface area contributed by atoms with Crippen molar-refractivity contribution in [1.29, 1.82) is 0 Å². The van der Waals surface area contributed by atoms with Crippen molar-refractivity contribution in [2.45, 2.75) is 25.0 Å². The first-order valence-corrected chi connectivity index (χ1v) is 8.42. The number of nitrogens with zero attached hydrogens (tertiary/aromatic N) is 1. The molecular formula is C16H20N2O2S. The van der Waals surface area contributed by atoms with Crippen LogP contribution in [-0.2, 0) is 11.3 Å². The molecule has 0 radical (unpaired) electrons. The summed E-state index contributed by atoms with van der Waals surface area (Å²) in [6.07, 6.45) is 3.21. The highest BCUT2D eigenvalue weighted by atomic mass is 32.2. The number of aliphatic hydroxyl groups is 1. The van der Waals surface area contributed by atoms with E-state index >= 15 is 0 Å². The van der Waals surface area contributed by atoms with Gasteiger partial charge in [-0.15, -0.1) is 0 Å². The molecule has 0 spiro atoms. The molecule has 1 aromatic carbocycles. The molecule has 1 aliphatic heterocycles. The van der Waals surface area contributed by atoms with Crippen LogP contribution in [0.15, 0.2) is 36.5 Å². The number of aromatic nitrogens is 1. The van der Waals surface area contributed by atoms with Crippen LogP contribution in [0.3, 0.4) is 0 Å². The fourth-order valence-corrected chi connectivity index (χ4v) is 3.94. The minimum absolute atomic E-state index is 0.00175. The summed E-state index contributed by atoms with van der Waals surface area (Å²) in [4.78, 5) is 11.9. The highest BCUT2D eigenvalue weighted by molar-refractivity contribution is 7.99. The summed E-state index contributed by atoms with van der Waals surface area (Å²) in [7, 11) is 0. The van der Waals surface area contributed by atoms with E-state index in [1.807, 2.05) is 18.3 Å². The van der Waals surface area contributed by atoms with E-state index < -0.39 is 5.60 Å². The van der Waals surface area contributed by atoms with Gasteiger partial charge in [0.25, 0.3) is 0 Å². The lowest BCUT2D eigenvalue weighted by Gasteiger charge is -2.21. The number of fused-ring (bicyclic) bond motifs is 1. The van der Waals surface area contributed by atoms with Crippen molar-refractivity contribution in [3.05, 3.63) is 36.5 Å². The maximum Gasteiger partial charge on any atom is 0.221 e. The number of carbonyl (C=O) groups is 1. The minimum Gasteiger partial charge on any atom is -0.387 e. The first-order valence-electron chi connectivity index (χ1n) is 7.27. The fourth-order valence-electron chi connectivity index (χ4n) is 2.64. The SMILES string of the molecule is O=C(CCn1ccc2ccccc21)NC[C@@]1(O)CCSC1. The number of aryl methyl sites for hydroxylation is 1. The molecule has 1 fully saturated rings. The van der Waals surface area contributed by atoms with E-state index in [-0.39, 0.29) is 5.91 Å². The Labute approximate surface area is 128 Å². The van der Waals surface area contributed by atoms with Crippen LogP contribution in [0.25, 0.3) is 10.9 Å². The van der Waals surface area contributed by atoms with Gasteiger partial charge in [-0.05, 0) is 29.7 Å². The van der Waals surface area contributed by atoms with Crippen LogP contribution in [0.4, 0.5) is 0 Å². The van der Waals surface area contributed by atoms with E-state index in [2.05, 4.69) is 28.1 Å². The summed E-state index contributed by atoms with van der Waals surface area (Å²) < 4.78 is 2.09. The number of rotatable bonds is 5. The Morgan fingerprint density at radius 2 is 2.24 bits per heavy atom. The Kier molecular flexibility index (Phi) is 4.22. The van der Waals surface area contributed by atoms with E-state index in [9.17, 15) is 9.90 Å². The number of hydrogen-bond acceptors (Lipinski definition) is 3. The van der Waals surface area contributed by atoms with Crippen LogP contribution in [0.5, 0.6) is 0 Å². The molecular weight excluding hydrogens is 284 g/mol. The third kappa shape index (κ3) is 3.41. The Morgan fingerprint density at radius 1 is 1.38 bits per heavy atom. The lowest BCUT2D eigenvalue weighted by atomic mass is 10.0. The van der Waals surface area contributed by atoms with Crippen LogP contribution in [0, 0.1) is 0 Å². The van der Waals surface area contributed by atoms with Gasteiger partial charge in [-0.3, -0.25) is 4.79 Å². The highest BCUT2D eigenvalue weighted by Gasteiger charge is 2.31. The van der Waals surface area contributed by atoms with Crippen molar-refractivity contribution in [1.82, 2.24) is 9.88 Å². The van der Waals surface area contributed by atoms with E-state index in [0.29, 0.717) is 19.5 Å². The van der Waals surface area contributed by atoms with E-state index in [1.54, 1.807) is 11.8 Å². The number of thioether (sulfide) groups is 1. The lowest BCUT2D eigenvalue weighted by molar-refractivity contribution is -0.122. The summed E-state index contributed by atoms with van der Waals surface area (Å²) in [6.45, 7) is 1.03. The molecule has 2 aromatic rings. The average molecular weight is 304 g/mol. The fraction of sp³-hybridized carbons (Fsp3) is 0.438. The average Bonchev–Trinajstić information content (AvgIpc) is 3.10. The smallest absolute Gasteiger partial charge is 0.221 e. The Bertz CT molecular complexity index is 632. The topological polar surface area (TPSA) is 54.3 Å². The molecule has 1 aliphatic rings. The van der Waals surface area contributed by atoms with E-state index in [4.69, 9.17) is 0 Å². The second kappa shape index (κ2) is 6.12. The second-order valence-electron chi connectivity index (χ2n) is 5.62. The molecule has 5 heteroatoms. The van der Waals surface area contributed by atoms with Gasteiger partial charge in [-0.1, -0.05) is 18.2 Å². The maximum atomic E-state index is 11.9. The first kappa shape index (κ1) is 14.5. The van der Waals surface area contributed by atoms with Gasteiger partial charge >= 0.3 is 0 Å². The first-order chi connectivity index (χ1) is 10.2. The predicted molar refractivity (Wildman–Crippen MR) is 86.5 cm³/mol. The molecule has 2 heterocycles. The molecule has 1 aromatic heterocycles. The third-order valence-corrected chi connectivity index (χ3v) is 5.19. The molecule has 112 valence electrons. The molecule has 3 rings (SSSR count). The summed E-state index contributed by atoms with van der Waals surface area (Å²) in [6, 6.07) is 10.2. The maximum absolute atomic E-state index is 11.9. The summed E-state index contributed by atoms with van der Waals surface area (Å²) in [5.74, 6) is 1.69. The highest BCUT2D eigenvalue weighted by Crippen LogP contribution is 2.26. The molecule has 4 nitrogen and oxygen atoms in total. The van der Waals surface area contributed by atoms with Crippen LogP contribution in [0.2, 0.25) is 0 Å². The van der Waals surface area contributed by atoms with Crippen LogP contribution in [-0.4, -0.2) is 39.2 Å². The molecule has 2 N–H and O–H groups in total. The zero-order chi connectivity index (χ0) is 14.7. The van der Waals surface area contributed by atoms with Gasteiger partial charge < -0.3 is 15.0 Å². The van der Waals surface area contributed by atoms with Crippen molar-refractivity contribution in [3.8, 4) is 0 Å². The monoisotopic (exact) mass is 304 g/mol. The van der Waals surface area contributed by atoms with Crippen molar-refractivity contribution in [2.24, 2.45) is 0 Å². The summed E-state index contributed by atoms with van der Waals surface area (Å²) >= 11 is 1.74. The number of hydrogen-bond donors (Lipinski definition) is 2. The molecule has 0 unspecified atom stereocenters. The van der Waals surface area contributed by atoms with Crippen molar-refractivity contribution in [3.63, 3.8) is 0 Å². The van der Waals surface area contributed by atoms with Crippen LogP contribution in [0.1, 0.15) is 12.8 Å². The Morgan fingerprint density at radius 3 is 3.05 bits per heavy atom. The van der Waals surface area contributed by atoms with Gasteiger partial charge in [-0.2, -0.15) is 11.8 Å². The summed E-state index contributed by atoms with van der Waals surface area (Å²) in [5, 5.41) is 14.2. The van der Waals surface area contributed by atoms with E-state index in [1.165, 1.54) is 5.39 Å². The third-order valence-electron chi connectivity index (χ3n) is 3.96. The van der Waals surface area contributed by atoms with Gasteiger partial charge in [-0.25, -0.2) is 0 Å². The zero-order valence-corrected chi connectivity index (χ0v) is 12.7. The van der Waals surface area contributed by atoms with Crippen LogP contribution >= 0.6 is 11.8 Å². The number of benzene rings is 1. The number of carbonyl (C=O) groups excluding carboxylic acids is 1. The van der Waals surface area contributed by atoms with Crippen molar-refractivity contribution >= 4 is 28.6 Å². The molecule has 0 bridgehead atoms. The van der Waals surface area contributed by atoms with Gasteiger partial charge in [0.2, 0.25) is 5.91 Å². The van der Waals surface area contributed by atoms with Gasteiger partial charge in [0.05, 0.1) is 5.60 Å². The molecule has 1 saturated heterocycles. The molecule has 0 aliphatic carbocycles. The standard InChI is InChI=1S/C16H20N2O2S/c19-15(17-11-16(20)7-10-21-12-16)6-9-18-8-5-13-3-1-2-4-14(13)18/h1-5,8,20H,6-7,9-12H2,(H,17,19)/t16-/m0/s1. The van der Waals surface area contributed by atoms with Crippen LogP contribution < -0.4 is 5.32 Å². The Balaban J connectivity index is 1.51. The number of amides is 1. The predicted octanol–water partition coefficient (Wildman–Crippen LogP) is 2.02. The molecule has 1 amide bonds. The van der Waals surface area contributed by atoms with Gasteiger partial charge in [0.1, 0.15) is 0 Å². The normalized spacial score (nSPS) is 21.8. The van der Waals surface area contributed by atoms with Crippen molar-refractivity contribution in [2.75, 3.05) is 18.1 Å². The van der Waals surface area contributed by atoms with Gasteiger partial charge in [0, 0.05) is 37.0 Å². The zero-order valence-electron chi connectivity index (χ0n) is 11.9. The largest absolute Gasteiger partial charge is 0.387 e. The lowest BCUT2D eigenvalue weighted by Crippen LogP contribution is -2.43.